The molecule has 0 aliphatic heterocycles. The topological polar surface area (TPSA) is 105 Å². The van der Waals surface area contributed by atoms with Crippen LogP contribution in [0.4, 0.5) is 0 Å². The number of rotatable bonds is 64. The second-order valence-corrected chi connectivity index (χ2v) is 26.3. The lowest BCUT2D eigenvalue weighted by Gasteiger charge is -2.25. The molecule has 3 atom stereocenters. The van der Waals surface area contributed by atoms with Gasteiger partial charge in [0.1, 0.15) is 13.2 Å². The standard InChI is InChI=1S/C80H135N2O6P/c1-6-8-10-12-14-16-18-20-22-24-26-28-30-32-34-36-38-39-40-41-42-43-44-46-48-50-52-54-56-58-60-62-64-66-68-70-72-74-80(84)81-78(77-88-89(85,86)87-76-75-82(3,4)5)79(83)73-71-69-67-65-63-61-59-57-55-53-51-49-47-45-37-35-33-31-29-27-25-23-21-19-17-15-13-11-9-7-2/h8,10,14,16,20,22,26,28,32,34,38-39,41-42,44,46,50,52,55-58,62-65,71,73,78-79,83H,6-7,9,11-13,15,17-19,21,23-25,27,29-31,33,35-37,40,43,45,47-49,51,53-54,59-61,66-70,72,74-77H2,1-5H3,(H-,81,84,85,86)/p+1/b10-8-,16-14-,22-20-,28-26-,34-32-,39-38-,42-41-,46-44-,52-50-,57-55+,58-56-,64-62-,65-63+,73-71+. The van der Waals surface area contributed by atoms with Crippen LogP contribution in [0.1, 0.15) is 277 Å². The molecule has 0 heterocycles. The number of quaternary nitrogens is 1. The summed E-state index contributed by atoms with van der Waals surface area (Å²) in [6.45, 7) is 4.65. The molecule has 1 amide bonds. The molecule has 0 aliphatic carbocycles. The first kappa shape index (κ1) is 84.9. The quantitative estimate of drug-likeness (QED) is 0.0243. The summed E-state index contributed by atoms with van der Waals surface area (Å²) in [4.78, 5) is 23.4. The van der Waals surface area contributed by atoms with Gasteiger partial charge in [0.15, 0.2) is 0 Å². The Kier molecular flexibility index (Phi) is 65.1. The van der Waals surface area contributed by atoms with E-state index in [1.54, 1.807) is 6.08 Å². The van der Waals surface area contributed by atoms with Gasteiger partial charge >= 0.3 is 7.82 Å². The zero-order chi connectivity index (χ0) is 64.8. The van der Waals surface area contributed by atoms with E-state index in [1.807, 2.05) is 27.2 Å². The monoisotopic (exact) mass is 1250 g/mol. The molecule has 8 nitrogen and oxygen atoms in total. The predicted octanol–water partition coefficient (Wildman–Crippen LogP) is 23.5. The third-order valence-corrected chi connectivity index (χ3v) is 16.1. The van der Waals surface area contributed by atoms with E-state index in [2.05, 4.69) is 177 Å². The fourth-order valence-electron chi connectivity index (χ4n) is 9.61. The molecule has 3 unspecified atom stereocenters. The summed E-state index contributed by atoms with van der Waals surface area (Å²) in [6, 6.07) is -0.904. The fraction of sp³-hybridized carbons (Fsp3) is 0.637. The summed E-state index contributed by atoms with van der Waals surface area (Å²) >= 11 is 0. The molecule has 0 fully saturated rings. The van der Waals surface area contributed by atoms with E-state index in [1.165, 1.54) is 135 Å². The summed E-state index contributed by atoms with van der Waals surface area (Å²) in [5.41, 5.74) is 0. The third-order valence-electron chi connectivity index (χ3n) is 15.1. The summed E-state index contributed by atoms with van der Waals surface area (Å²) in [6.07, 6.45) is 108. The highest BCUT2D eigenvalue weighted by molar-refractivity contribution is 7.47. The molecule has 3 N–H and O–H groups in total. The predicted molar refractivity (Wildman–Crippen MR) is 391 cm³/mol. The minimum absolute atomic E-state index is 0.0372. The minimum atomic E-state index is -4.39. The summed E-state index contributed by atoms with van der Waals surface area (Å²) in [5.74, 6) is -0.228. The van der Waals surface area contributed by atoms with Crippen LogP contribution in [0.15, 0.2) is 170 Å². The van der Waals surface area contributed by atoms with Gasteiger partial charge < -0.3 is 19.8 Å². The van der Waals surface area contributed by atoms with Gasteiger partial charge in [0.05, 0.1) is 39.9 Å². The van der Waals surface area contributed by atoms with Crippen molar-refractivity contribution in [3.63, 3.8) is 0 Å². The van der Waals surface area contributed by atoms with E-state index >= 15 is 0 Å². The van der Waals surface area contributed by atoms with Crippen molar-refractivity contribution in [2.24, 2.45) is 0 Å². The molecule has 0 rings (SSSR count). The van der Waals surface area contributed by atoms with Gasteiger partial charge in [0.2, 0.25) is 5.91 Å². The molecule has 89 heavy (non-hydrogen) atoms. The molecule has 0 spiro atoms. The van der Waals surface area contributed by atoms with Crippen LogP contribution in [0, 0.1) is 0 Å². The smallest absolute Gasteiger partial charge is 0.387 e. The molecule has 0 saturated heterocycles. The SMILES string of the molecule is CC/C=C\C/C=C\C/C=C\C/C=C\C/C=C\C/C=C\C/C=C\C/C=C\C/C=C\C/C=C\C/C=C\CCCCCC(=O)NC(COP(=O)(O)OCC[N+](C)(C)C)C(O)/C=C/CC/C=C/CC/C=C/CCCCCCCCCCCCCCCCCCCCCC. The number of aliphatic hydroxyl groups excluding tert-OH is 1. The molecule has 0 aromatic heterocycles. The van der Waals surface area contributed by atoms with Crippen LogP contribution in [0.2, 0.25) is 0 Å². The average Bonchev–Trinajstić information content (AvgIpc) is 3.57. The molecule has 0 aliphatic rings. The number of amides is 1. The Morgan fingerprint density at radius 1 is 0.393 bits per heavy atom. The fourth-order valence-corrected chi connectivity index (χ4v) is 10.3. The second-order valence-electron chi connectivity index (χ2n) is 24.9. The Morgan fingerprint density at radius 3 is 1.03 bits per heavy atom. The Hall–Kier alpha value is -4.14. The van der Waals surface area contributed by atoms with Crippen LogP contribution in [-0.4, -0.2) is 73.4 Å². The van der Waals surface area contributed by atoms with Gasteiger partial charge in [-0.3, -0.25) is 13.8 Å². The summed E-state index contributed by atoms with van der Waals surface area (Å²) in [7, 11) is 1.50. The van der Waals surface area contributed by atoms with Crippen molar-refractivity contribution in [2.45, 2.75) is 289 Å². The minimum Gasteiger partial charge on any atom is -0.387 e. The van der Waals surface area contributed by atoms with Crippen LogP contribution in [-0.2, 0) is 18.4 Å². The van der Waals surface area contributed by atoms with E-state index in [9.17, 15) is 19.4 Å². The average molecular weight is 1250 g/mol. The highest BCUT2D eigenvalue weighted by atomic mass is 31.2. The maximum atomic E-state index is 13.0. The number of carbonyl (C=O) groups excluding carboxylic acids is 1. The Labute approximate surface area is 549 Å². The zero-order valence-corrected chi connectivity index (χ0v) is 58.7. The van der Waals surface area contributed by atoms with Gasteiger partial charge in [-0.25, -0.2) is 4.57 Å². The maximum absolute atomic E-state index is 13.0. The van der Waals surface area contributed by atoms with Crippen molar-refractivity contribution < 1.29 is 32.9 Å². The summed E-state index contributed by atoms with van der Waals surface area (Å²) in [5, 5.41) is 14.0. The van der Waals surface area contributed by atoms with E-state index in [0.717, 1.165) is 116 Å². The number of hydrogen-bond acceptors (Lipinski definition) is 5. The molecule has 0 radical (unpaired) electrons. The lowest BCUT2D eigenvalue weighted by atomic mass is 10.0. The van der Waals surface area contributed by atoms with Gasteiger partial charge in [-0.2, -0.15) is 0 Å². The van der Waals surface area contributed by atoms with Gasteiger partial charge in [0, 0.05) is 6.42 Å². The van der Waals surface area contributed by atoms with Gasteiger partial charge in [0.25, 0.3) is 0 Å². The normalized spacial score (nSPS) is 14.6. The van der Waals surface area contributed by atoms with Crippen LogP contribution in [0.25, 0.3) is 0 Å². The van der Waals surface area contributed by atoms with Gasteiger partial charge in [-0.05, 0) is 128 Å². The number of likely N-dealkylation sites (N-methyl/N-ethyl adjacent to an activating group) is 1. The van der Waals surface area contributed by atoms with Crippen molar-refractivity contribution in [1.82, 2.24) is 5.32 Å². The van der Waals surface area contributed by atoms with E-state index in [4.69, 9.17) is 9.05 Å². The molecule has 506 valence electrons. The molecular formula is C80H136N2O6P+. The van der Waals surface area contributed by atoms with Gasteiger partial charge in [-0.1, -0.05) is 312 Å². The second kappa shape index (κ2) is 68.2. The van der Waals surface area contributed by atoms with Gasteiger partial charge in [-0.15, -0.1) is 0 Å². The number of hydrogen-bond donors (Lipinski definition) is 3. The molecular weight excluding hydrogens is 1120 g/mol. The van der Waals surface area contributed by atoms with E-state index in [0.29, 0.717) is 23.9 Å². The Balaban J connectivity index is 4.27. The van der Waals surface area contributed by atoms with E-state index in [-0.39, 0.29) is 19.1 Å². The number of unbranched alkanes of at least 4 members (excludes halogenated alkanes) is 25. The molecule has 0 aromatic rings. The molecule has 0 aromatic carbocycles. The zero-order valence-electron chi connectivity index (χ0n) is 57.9. The highest BCUT2D eigenvalue weighted by Gasteiger charge is 2.28. The number of phosphoric acid groups is 1. The van der Waals surface area contributed by atoms with Crippen LogP contribution < -0.4 is 5.32 Å². The van der Waals surface area contributed by atoms with Crippen LogP contribution in [0.3, 0.4) is 0 Å². The number of carbonyl (C=O) groups is 1. The van der Waals surface area contributed by atoms with E-state index < -0.39 is 20.0 Å². The Bertz CT molecular complexity index is 2060. The number of allylic oxidation sites excluding steroid dienone is 27. The molecule has 0 saturated carbocycles. The maximum Gasteiger partial charge on any atom is 0.472 e. The van der Waals surface area contributed by atoms with Crippen molar-refractivity contribution in [2.75, 3.05) is 40.9 Å². The third kappa shape index (κ3) is 71.2. The van der Waals surface area contributed by atoms with Crippen LogP contribution >= 0.6 is 7.82 Å². The number of aliphatic hydroxyl groups is 1. The Morgan fingerprint density at radius 2 is 0.685 bits per heavy atom. The number of nitrogens with zero attached hydrogens (tertiary/aromatic N) is 1. The lowest BCUT2D eigenvalue weighted by Crippen LogP contribution is -2.45. The largest absolute Gasteiger partial charge is 0.472 e. The molecule has 0 bridgehead atoms. The number of nitrogens with one attached hydrogen (secondary N) is 1. The number of phosphoric ester groups is 1. The lowest BCUT2D eigenvalue weighted by molar-refractivity contribution is -0.870. The van der Waals surface area contributed by atoms with Crippen LogP contribution in [0.5, 0.6) is 0 Å². The first-order chi connectivity index (χ1) is 43.5. The highest BCUT2D eigenvalue weighted by Crippen LogP contribution is 2.43. The van der Waals surface area contributed by atoms with Crippen molar-refractivity contribution >= 4 is 13.7 Å². The van der Waals surface area contributed by atoms with Crippen molar-refractivity contribution in [1.29, 1.82) is 0 Å². The molecule has 9 heteroatoms. The summed E-state index contributed by atoms with van der Waals surface area (Å²) < 4.78 is 23.8. The van der Waals surface area contributed by atoms with Crippen molar-refractivity contribution in [3.05, 3.63) is 170 Å². The first-order valence-corrected chi connectivity index (χ1v) is 37.5. The first-order valence-electron chi connectivity index (χ1n) is 36.0. The van der Waals surface area contributed by atoms with Crippen molar-refractivity contribution in [3.8, 4) is 0 Å².